The molecule has 6 heteroatoms. The van der Waals surface area contributed by atoms with Crippen molar-refractivity contribution >= 4 is 5.97 Å². The van der Waals surface area contributed by atoms with E-state index in [9.17, 15) is 18.0 Å². The van der Waals surface area contributed by atoms with Gasteiger partial charge in [-0.05, 0) is 24.3 Å². The van der Waals surface area contributed by atoms with Gasteiger partial charge in [0.2, 0.25) is 0 Å². The molecule has 3 nitrogen and oxygen atoms in total. The van der Waals surface area contributed by atoms with Gasteiger partial charge in [-0.2, -0.15) is 13.2 Å². The summed E-state index contributed by atoms with van der Waals surface area (Å²) < 4.78 is 44.3. The molecule has 0 bridgehead atoms. The molecule has 0 aliphatic rings. The number of benzene rings is 1. The van der Waals surface area contributed by atoms with Crippen molar-refractivity contribution in [3.05, 3.63) is 41.9 Å². The summed E-state index contributed by atoms with van der Waals surface area (Å²) in [5.74, 6) is -0.725. The van der Waals surface area contributed by atoms with Crippen LogP contribution in [0.3, 0.4) is 0 Å². The fraction of sp³-hybridized carbons (Fsp3) is 0.100. The standard InChI is InChI=1S/C10H7F3O3/c1-15-10(14)6-2-4-7(5-3-6)16-9(13)8(11)12/h2-5H,1H3. The van der Waals surface area contributed by atoms with Crippen LogP contribution < -0.4 is 4.74 Å². The molecule has 0 aliphatic heterocycles. The molecule has 0 amide bonds. The SMILES string of the molecule is COC(=O)c1ccc(OC(F)=C(F)F)cc1. The maximum atomic E-state index is 12.4. The first-order valence-electron chi connectivity index (χ1n) is 4.11. The first-order chi connectivity index (χ1) is 7.54. The van der Waals surface area contributed by atoms with Gasteiger partial charge in [-0.1, -0.05) is 0 Å². The zero-order chi connectivity index (χ0) is 12.1. The van der Waals surface area contributed by atoms with Crippen LogP contribution in [0.5, 0.6) is 5.75 Å². The van der Waals surface area contributed by atoms with E-state index < -0.39 is 18.1 Å². The van der Waals surface area contributed by atoms with Crippen molar-refractivity contribution in [2.45, 2.75) is 0 Å². The average Bonchev–Trinajstić information content (AvgIpc) is 2.28. The molecule has 0 heterocycles. The molecule has 1 rings (SSSR count). The van der Waals surface area contributed by atoms with E-state index in [1.807, 2.05) is 0 Å². The number of carbonyl (C=O) groups is 1. The van der Waals surface area contributed by atoms with Gasteiger partial charge >= 0.3 is 18.1 Å². The summed E-state index contributed by atoms with van der Waals surface area (Å²) in [7, 11) is 1.20. The maximum Gasteiger partial charge on any atom is 0.344 e. The third-order valence-corrected chi connectivity index (χ3v) is 1.63. The monoisotopic (exact) mass is 232 g/mol. The molecular weight excluding hydrogens is 225 g/mol. The van der Waals surface area contributed by atoms with Gasteiger partial charge < -0.3 is 9.47 Å². The minimum absolute atomic E-state index is 0.141. The van der Waals surface area contributed by atoms with E-state index in [0.29, 0.717) is 0 Å². The van der Waals surface area contributed by atoms with E-state index in [2.05, 4.69) is 9.47 Å². The van der Waals surface area contributed by atoms with Gasteiger partial charge in [0.05, 0.1) is 12.7 Å². The van der Waals surface area contributed by atoms with Crippen molar-refractivity contribution in [1.82, 2.24) is 0 Å². The van der Waals surface area contributed by atoms with Crippen LogP contribution in [-0.2, 0) is 4.74 Å². The molecule has 1 aromatic rings. The topological polar surface area (TPSA) is 35.5 Å². The Labute approximate surface area is 89.1 Å². The minimum Gasteiger partial charge on any atom is -0.465 e. The van der Waals surface area contributed by atoms with Crippen LogP contribution in [0.15, 0.2) is 36.4 Å². The molecule has 1 aromatic carbocycles. The van der Waals surface area contributed by atoms with Gasteiger partial charge in [0.25, 0.3) is 0 Å². The van der Waals surface area contributed by atoms with Crippen molar-refractivity contribution in [3.63, 3.8) is 0 Å². The second-order valence-corrected chi connectivity index (χ2v) is 2.65. The highest BCUT2D eigenvalue weighted by Gasteiger charge is 2.09. The summed E-state index contributed by atoms with van der Waals surface area (Å²) in [5.41, 5.74) is 0.208. The van der Waals surface area contributed by atoms with Gasteiger partial charge in [-0.3, -0.25) is 0 Å². The van der Waals surface area contributed by atoms with E-state index in [0.717, 1.165) is 0 Å². The lowest BCUT2D eigenvalue weighted by molar-refractivity contribution is 0.0600. The molecule has 0 fully saturated rings. The second kappa shape index (κ2) is 5.20. The number of carbonyl (C=O) groups excluding carboxylic acids is 1. The van der Waals surface area contributed by atoms with Crippen molar-refractivity contribution < 1.29 is 27.4 Å². The molecule has 0 saturated heterocycles. The summed E-state index contributed by atoms with van der Waals surface area (Å²) in [5, 5.41) is 0. The predicted molar refractivity (Wildman–Crippen MR) is 48.8 cm³/mol. The molecule has 0 saturated carbocycles. The van der Waals surface area contributed by atoms with Crippen LogP contribution in [0.4, 0.5) is 13.2 Å². The normalized spacial score (nSPS) is 9.50. The largest absolute Gasteiger partial charge is 0.465 e. The molecule has 0 unspecified atom stereocenters. The minimum atomic E-state index is -2.54. The van der Waals surface area contributed by atoms with Gasteiger partial charge in [-0.25, -0.2) is 4.79 Å². The predicted octanol–water partition coefficient (Wildman–Crippen LogP) is 2.89. The molecule has 0 aromatic heterocycles. The Bertz CT molecular complexity index is 408. The lowest BCUT2D eigenvalue weighted by Gasteiger charge is -2.03. The number of rotatable bonds is 3. The fourth-order valence-corrected chi connectivity index (χ4v) is 0.919. The molecule has 0 spiro atoms. The third kappa shape index (κ3) is 3.01. The Balaban J connectivity index is 2.80. The summed E-state index contributed by atoms with van der Waals surface area (Å²) in [6.07, 6.45) is -2.54. The fourth-order valence-electron chi connectivity index (χ4n) is 0.919. The molecule has 0 aliphatic carbocycles. The van der Waals surface area contributed by atoms with E-state index in [-0.39, 0.29) is 11.3 Å². The van der Waals surface area contributed by atoms with E-state index in [1.165, 1.54) is 31.4 Å². The quantitative estimate of drug-likeness (QED) is 0.593. The Morgan fingerprint density at radius 2 is 1.69 bits per heavy atom. The van der Waals surface area contributed by atoms with Gasteiger partial charge in [0, 0.05) is 0 Å². The lowest BCUT2D eigenvalue weighted by Crippen LogP contribution is -2.00. The molecule has 0 atom stereocenters. The van der Waals surface area contributed by atoms with E-state index in [1.54, 1.807) is 0 Å². The zero-order valence-electron chi connectivity index (χ0n) is 8.17. The van der Waals surface area contributed by atoms with Crippen LogP contribution in [0.1, 0.15) is 10.4 Å². The van der Waals surface area contributed by atoms with Crippen molar-refractivity contribution in [2.24, 2.45) is 0 Å². The highest BCUT2D eigenvalue weighted by Crippen LogP contribution is 2.18. The highest BCUT2D eigenvalue weighted by atomic mass is 19.3. The first kappa shape index (κ1) is 12.1. The molecule has 16 heavy (non-hydrogen) atoms. The Morgan fingerprint density at radius 3 is 2.12 bits per heavy atom. The summed E-state index contributed by atoms with van der Waals surface area (Å²) in [4.78, 5) is 11.0. The van der Waals surface area contributed by atoms with Crippen LogP contribution in [0, 0.1) is 0 Å². The van der Waals surface area contributed by atoms with Gasteiger partial charge in [0.1, 0.15) is 5.75 Å². The van der Waals surface area contributed by atoms with Crippen LogP contribution in [0.2, 0.25) is 0 Å². The summed E-state index contributed by atoms with van der Waals surface area (Å²) in [6, 6.07) is 2.92. The molecule has 0 N–H and O–H groups in total. The molecule has 0 radical (unpaired) electrons. The highest BCUT2D eigenvalue weighted by molar-refractivity contribution is 5.89. The number of methoxy groups -OCH3 is 1. The maximum absolute atomic E-state index is 12.4. The summed E-state index contributed by atoms with van der Waals surface area (Å²) in [6.45, 7) is 0. The Hall–Kier alpha value is -1.98. The lowest BCUT2D eigenvalue weighted by atomic mass is 10.2. The zero-order valence-corrected chi connectivity index (χ0v) is 8.17. The van der Waals surface area contributed by atoms with Crippen LogP contribution >= 0.6 is 0 Å². The molecule has 86 valence electrons. The van der Waals surface area contributed by atoms with E-state index >= 15 is 0 Å². The second-order valence-electron chi connectivity index (χ2n) is 2.65. The molecular formula is C10H7F3O3. The van der Waals surface area contributed by atoms with Gasteiger partial charge in [0.15, 0.2) is 0 Å². The number of ether oxygens (including phenoxy) is 2. The van der Waals surface area contributed by atoms with Crippen molar-refractivity contribution in [3.8, 4) is 5.75 Å². The van der Waals surface area contributed by atoms with Crippen molar-refractivity contribution in [2.75, 3.05) is 7.11 Å². The summed E-state index contributed by atoms with van der Waals surface area (Å²) >= 11 is 0. The van der Waals surface area contributed by atoms with Crippen molar-refractivity contribution in [1.29, 1.82) is 0 Å². The number of hydrogen-bond acceptors (Lipinski definition) is 3. The Kier molecular flexibility index (Phi) is 3.93. The average molecular weight is 232 g/mol. The van der Waals surface area contributed by atoms with Crippen LogP contribution in [0.25, 0.3) is 0 Å². The van der Waals surface area contributed by atoms with Gasteiger partial charge in [-0.15, -0.1) is 0 Å². The van der Waals surface area contributed by atoms with E-state index in [4.69, 9.17) is 0 Å². The Morgan fingerprint density at radius 1 is 1.12 bits per heavy atom. The number of halogens is 3. The smallest absolute Gasteiger partial charge is 0.344 e. The third-order valence-electron chi connectivity index (χ3n) is 1.63. The number of esters is 1. The number of hydrogen-bond donors (Lipinski definition) is 0. The van der Waals surface area contributed by atoms with Crippen LogP contribution in [-0.4, -0.2) is 13.1 Å². The first-order valence-corrected chi connectivity index (χ1v) is 4.11.